The Hall–Kier alpha value is -2.80. The summed E-state index contributed by atoms with van der Waals surface area (Å²) in [5.41, 5.74) is 1.23. The second-order valence-electron chi connectivity index (χ2n) is 7.66. The minimum atomic E-state index is -0.0316. The van der Waals surface area contributed by atoms with Crippen molar-refractivity contribution in [2.24, 2.45) is 0 Å². The van der Waals surface area contributed by atoms with Crippen molar-refractivity contribution in [3.63, 3.8) is 0 Å². The Bertz CT molecular complexity index is 1170. The van der Waals surface area contributed by atoms with Gasteiger partial charge in [-0.1, -0.05) is 43.2 Å². The number of carbonyl (C=O) groups is 1. The summed E-state index contributed by atoms with van der Waals surface area (Å²) in [5, 5.41) is 1.26. The van der Waals surface area contributed by atoms with Gasteiger partial charge in [-0.05, 0) is 43.2 Å². The first kappa shape index (κ1) is 19.2. The van der Waals surface area contributed by atoms with E-state index >= 15 is 0 Å². The van der Waals surface area contributed by atoms with Crippen LogP contribution in [0, 0.1) is 0 Å². The van der Waals surface area contributed by atoms with Crippen LogP contribution in [0.2, 0.25) is 0 Å². The van der Waals surface area contributed by atoms with Gasteiger partial charge in [-0.2, -0.15) is 0 Å². The van der Waals surface area contributed by atoms with Gasteiger partial charge in [-0.25, -0.2) is 4.98 Å². The quantitative estimate of drug-likeness (QED) is 0.340. The minimum Gasteiger partial charge on any atom is -0.454 e. The molecule has 5 rings (SSSR count). The molecule has 0 amide bonds. The van der Waals surface area contributed by atoms with E-state index in [2.05, 4.69) is 0 Å². The van der Waals surface area contributed by atoms with Crippen LogP contribution in [-0.4, -0.2) is 27.9 Å². The Labute approximate surface area is 178 Å². The average molecular weight is 423 g/mol. The molecule has 0 spiro atoms. The highest BCUT2D eigenvalue weighted by Crippen LogP contribution is 2.34. The molecule has 2 aromatic carbocycles. The maximum atomic E-state index is 13.3. The van der Waals surface area contributed by atoms with Gasteiger partial charge in [0.1, 0.15) is 0 Å². The Kier molecular flexibility index (Phi) is 5.21. The molecule has 0 radical (unpaired) electrons. The number of hydrogen-bond donors (Lipinski definition) is 0. The number of Topliss-reactive ketones (excluding diaryl/α,β-unsaturated/α-hetero) is 1. The normalized spacial score (nSPS) is 16.1. The van der Waals surface area contributed by atoms with Crippen molar-refractivity contribution in [1.82, 2.24) is 9.55 Å². The molecule has 1 aliphatic heterocycles. The number of hydrogen-bond acceptors (Lipinski definition) is 6. The molecule has 2 heterocycles. The highest BCUT2D eigenvalue weighted by atomic mass is 32.2. The van der Waals surface area contributed by atoms with Crippen molar-refractivity contribution < 1.29 is 14.3 Å². The first-order valence-electron chi connectivity index (χ1n) is 10.3. The van der Waals surface area contributed by atoms with Crippen LogP contribution < -0.4 is 15.0 Å². The van der Waals surface area contributed by atoms with Crippen molar-refractivity contribution >= 4 is 28.4 Å². The molecule has 0 unspecified atom stereocenters. The van der Waals surface area contributed by atoms with Crippen molar-refractivity contribution in [3.05, 3.63) is 58.4 Å². The number of rotatable bonds is 5. The molecule has 6 nitrogen and oxygen atoms in total. The van der Waals surface area contributed by atoms with Gasteiger partial charge in [0.05, 0.1) is 16.7 Å². The fourth-order valence-corrected chi connectivity index (χ4v) is 5.13. The average Bonchev–Trinajstić information content (AvgIpc) is 3.26. The molecular formula is C23H22N2O4S. The summed E-state index contributed by atoms with van der Waals surface area (Å²) in [6, 6.07) is 12.8. The van der Waals surface area contributed by atoms with Crippen LogP contribution in [0.5, 0.6) is 11.5 Å². The Morgan fingerprint density at radius 2 is 1.87 bits per heavy atom. The third-order valence-electron chi connectivity index (χ3n) is 5.74. The third-order valence-corrected chi connectivity index (χ3v) is 6.69. The summed E-state index contributed by atoms with van der Waals surface area (Å²) in [5.74, 6) is 1.42. The topological polar surface area (TPSA) is 70.4 Å². The van der Waals surface area contributed by atoms with Gasteiger partial charge in [0.2, 0.25) is 6.79 Å². The van der Waals surface area contributed by atoms with Gasteiger partial charge in [-0.3, -0.25) is 14.2 Å². The number of fused-ring (bicyclic) bond motifs is 2. The lowest BCUT2D eigenvalue weighted by atomic mass is 9.95. The summed E-state index contributed by atoms with van der Waals surface area (Å²) in [6.45, 7) is 0.177. The van der Waals surface area contributed by atoms with E-state index in [-0.39, 0.29) is 29.9 Å². The van der Waals surface area contributed by atoms with Crippen molar-refractivity contribution in [2.75, 3.05) is 12.5 Å². The number of carbonyl (C=O) groups excluding carboxylic acids is 1. The maximum absolute atomic E-state index is 13.3. The number of para-hydroxylation sites is 1. The Morgan fingerprint density at radius 1 is 1.07 bits per heavy atom. The molecule has 0 atom stereocenters. The van der Waals surface area contributed by atoms with E-state index < -0.39 is 0 Å². The number of thioether (sulfide) groups is 1. The van der Waals surface area contributed by atoms with E-state index in [1.807, 2.05) is 28.8 Å². The lowest BCUT2D eigenvalue weighted by Gasteiger charge is -2.26. The van der Waals surface area contributed by atoms with Gasteiger partial charge in [0.15, 0.2) is 22.4 Å². The number of nitrogens with zero attached hydrogens (tertiary/aromatic N) is 2. The number of ketones is 1. The molecule has 1 aliphatic carbocycles. The van der Waals surface area contributed by atoms with Crippen LogP contribution in [0.15, 0.2) is 52.4 Å². The van der Waals surface area contributed by atoms with Crippen molar-refractivity contribution in [3.8, 4) is 11.5 Å². The van der Waals surface area contributed by atoms with E-state index in [0.29, 0.717) is 33.1 Å². The van der Waals surface area contributed by atoms with Gasteiger partial charge >= 0.3 is 0 Å². The molecule has 1 aromatic heterocycles. The molecule has 0 bridgehead atoms. The molecular weight excluding hydrogens is 400 g/mol. The molecule has 7 heteroatoms. The summed E-state index contributed by atoms with van der Waals surface area (Å²) in [4.78, 5) is 30.9. The smallest absolute Gasteiger partial charge is 0.262 e. The number of aromatic nitrogens is 2. The van der Waals surface area contributed by atoms with E-state index in [0.717, 1.165) is 25.7 Å². The van der Waals surface area contributed by atoms with E-state index in [4.69, 9.17) is 14.5 Å². The van der Waals surface area contributed by atoms with Crippen LogP contribution >= 0.6 is 11.8 Å². The monoisotopic (exact) mass is 422 g/mol. The van der Waals surface area contributed by atoms with Crippen LogP contribution in [-0.2, 0) is 0 Å². The zero-order valence-electron chi connectivity index (χ0n) is 16.5. The third kappa shape index (κ3) is 3.58. The fourth-order valence-electron chi connectivity index (χ4n) is 4.17. The highest BCUT2D eigenvalue weighted by Gasteiger charge is 2.23. The largest absolute Gasteiger partial charge is 0.454 e. The lowest BCUT2D eigenvalue weighted by molar-refractivity contribution is 0.102. The molecule has 0 N–H and O–H groups in total. The highest BCUT2D eigenvalue weighted by molar-refractivity contribution is 7.99. The fraction of sp³-hybridized carbons (Fsp3) is 0.348. The second kappa shape index (κ2) is 8.14. The van der Waals surface area contributed by atoms with Crippen molar-refractivity contribution in [1.29, 1.82) is 0 Å². The zero-order chi connectivity index (χ0) is 20.5. The predicted molar refractivity (Wildman–Crippen MR) is 116 cm³/mol. The summed E-state index contributed by atoms with van der Waals surface area (Å²) in [6.07, 6.45) is 5.39. The van der Waals surface area contributed by atoms with Crippen LogP contribution in [0.3, 0.4) is 0 Å². The first-order chi connectivity index (χ1) is 14.7. The molecule has 30 heavy (non-hydrogen) atoms. The van der Waals surface area contributed by atoms with E-state index in [9.17, 15) is 9.59 Å². The molecule has 154 valence electrons. The molecule has 2 aliphatic rings. The summed E-state index contributed by atoms with van der Waals surface area (Å²) >= 11 is 1.34. The van der Waals surface area contributed by atoms with Gasteiger partial charge in [0.25, 0.3) is 5.56 Å². The van der Waals surface area contributed by atoms with E-state index in [1.54, 1.807) is 18.2 Å². The van der Waals surface area contributed by atoms with Crippen LogP contribution in [0.4, 0.5) is 0 Å². The standard InChI is InChI=1S/C23H22N2O4S/c26-19(15-10-11-20-21(12-15)29-14-28-20)13-30-23-24-18-9-5-4-8-17(18)22(27)25(23)16-6-2-1-3-7-16/h4-5,8-12,16H,1-3,6-7,13-14H2. The Morgan fingerprint density at radius 3 is 2.73 bits per heavy atom. The van der Waals surface area contributed by atoms with Crippen molar-refractivity contribution in [2.45, 2.75) is 43.3 Å². The molecule has 1 fully saturated rings. The van der Waals surface area contributed by atoms with Crippen LogP contribution in [0.25, 0.3) is 10.9 Å². The predicted octanol–water partition coefficient (Wildman–Crippen LogP) is 4.61. The number of ether oxygens (including phenoxy) is 2. The molecule has 1 saturated carbocycles. The van der Waals surface area contributed by atoms with Gasteiger partial charge in [-0.15, -0.1) is 0 Å². The molecule has 0 saturated heterocycles. The summed E-state index contributed by atoms with van der Waals surface area (Å²) < 4.78 is 12.5. The van der Waals surface area contributed by atoms with Crippen LogP contribution in [0.1, 0.15) is 48.5 Å². The minimum absolute atomic E-state index is 0.00877. The van der Waals surface area contributed by atoms with E-state index in [1.165, 1.54) is 18.2 Å². The Balaban J connectivity index is 1.45. The van der Waals surface area contributed by atoms with Gasteiger partial charge < -0.3 is 9.47 Å². The zero-order valence-corrected chi connectivity index (χ0v) is 17.3. The van der Waals surface area contributed by atoms with Gasteiger partial charge in [0, 0.05) is 11.6 Å². The first-order valence-corrected chi connectivity index (χ1v) is 11.3. The molecule has 3 aromatic rings. The SMILES string of the molecule is O=C(CSc1nc2ccccc2c(=O)n1C1CCCCC1)c1ccc2c(c1)OCO2. The lowest BCUT2D eigenvalue weighted by Crippen LogP contribution is -2.29. The number of benzene rings is 2. The summed E-state index contributed by atoms with van der Waals surface area (Å²) in [7, 11) is 0. The maximum Gasteiger partial charge on any atom is 0.262 e. The second-order valence-corrected chi connectivity index (χ2v) is 8.60.